The number of anilines is 2. The Labute approximate surface area is 128 Å². The molecule has 0 aliphatic heterocycles. The van der Waals surface area contributed by atoms with Gasteiger partial charge in [0.1, 0.15) is 17.5 Å². The van der Waals surface area contributed by atoms with E-state index in [2.05, 4.69) is 31.4 Å². The van der Waals surface area contributed by atoms with Crippen molar-refractivity contribution in [2.24, 2.45) is 5.92 Å². The fraction of sp³-hybridized carbons (Fsp3) is 0.765. The lowest BCUT2D eigenvalue weighted by Crippen LogP contribution is -2.27. The Morgan fingerprint density at radius 2 is 1.86 bits per heavy atom. The van der Waals surface area contributed by atoms with Crippen molar-refractivity contribution in [1.82, 2.24) is 9.97 Å². The average Bonchev–Trinajstić information content (AvgIpc) is 3.28. The van der Waals surface area contributed by atoms with Crippen LogP contribution >= 0.6 is 0 Å². The summed E-state index contributed by atoms with van der Waals surface area (Å²) in [6, 6.07) is 0.573. The molecular formula is C17H28N4. The summed E-state index contributed by atoms with van der Waals surface area (Å²) in [5.41, 5.74) is 1.17. The summed E-state index contributed by atoms with van der Waals surface area (Å²) in [7, 11) is 0. The molecule has 1 aromatic rings. The van der Waals surface area contributed by atoms with Gasteiger partial charge in [0.15, 0.2) is 0 Å². The van der Waals surface area contributed by atoms with Crippen LogP contribution in [0.5, 0.6) is 0 Å². The van der Waals surface area contributed by atoms with E-state index in [1.54, 1.807) is 0 Å². The summed E-state index contributed by atoms with van der Waals surface area (Å²) < 4.78 is 0. The Hall–Kier alpha value is -1.32. The van der Waals surface area contributed by atoms with Crippen LogP contribution in [0.25, 0.3) is 0 Å². The maximum Gasteiger partial charge on any atom is 0.136 e. The molecule has 2 aliphatic carbocycles. The van der Waals surface area contributed by atoms with Gasteiger partial charge >= 0.3 is 0 Å². The average molecular weight is 288 g/mol. The molecule has 4 heteroatoms. The van der Waals surface area contributed by atoms with E-state index in [4.69, 9.17) is 9.97 Å². The third-order valence-electron chi connectivity index (χ3n) is 4.73. The molecule has 2 unspecified atom stereocenters. The van der Waals surface area contributed by atoms with Crippen LogP contribution in [0.2, 0.25) is 0 Å². The van der Waals surface area contributed by atoms with Crippen LogP contribution < -0.4 is 10.6 Å². The number of nitrogens with one attached hydrogen (secondary N) is 2. The first-order chi connectivity index (χ1) is 10.2. The molecule has 1 heterocycles. The highest BCUT2D eigenvalue weighted by atomic mass is 15.1. The third-order valence-corrected chi connectivity index (χ3v) is 4.73. The van der Waals surface area contributed by atoms with Gasteiger partial charge in [-0.15, -0.1) is 0 Å². The number of hydrogen-bond donors (Lipinski definition) is 2. The highest BCUT2D eigenvalue weighted by molar-refractivity contribution is 5.58. The Kier molecular flexibility index (Phi) is 4.32. The second-order valence-electron chi connectivity index (χ2n) is 6.82. The van der Waals surface area contributed by atoms with Crippen LogP contribution in [0, 0.1) is 12.8 Å². The van der Waals surface area contributed by atoms with E-state index in [9.17, 15) is 0 Å². The van der Waals surface area contributed by atoms with Gasteiger partial charge in [-0.3, -0.25) is 0 Å². The maximum atomic E-state index is 4.83. The lowest BCUT2D eigenvalue weighted by Gasteiger charge is -2.28. The molecule has 0 saturated heterocycles. The molecule has 0 radical (unpaired) electrons. The molecule has 4 nitrogen and oxygen atoms in total. The Morgan fingerprint density at radius 1 is 1.10 bits per heavy atom. The van der Waals surface area contributed by atoms with Crippen LogP contribution in [0.4, 0.5) is 11.6 Å². The lowest BCUT2D eigenvalue weighted by molar-refractivity contribution is 0.358. The van der Waals surface area contributed by atoms with Crippen molar-refractivity contribution >= 4 is 11.6 Å². The second-order valence-corrected chi connectivity index (χ2v) is 6.82. The number of hydrogen-bond acceptors (Lipinski definition) is 4. The highest BCUT2D eigenvalue weighted by Crippen LogP contribution is 2.40. The first-order valence-electron chi connectivity index (χ1n) is 8.56. The van der Waals surface area contributed by atoms with Gasteiger partial charge in [-0.25, -0.2) is 9.97 Å². The van der Waals surface area contributed by atoms with E-state index >= 15 is 0 Å². The Morgan fingerprint density at radius 3 is 2.52 bits per heavy atom. The molecule has 2 fully saturated rings. The number of rotatable bonds is 5. The molecule has 0 aromatic carbocycles. The fourth-order valence-electron chi connectivity index (χ4n) is 3.30. The standard InChI is InChI=1S/C17H28N4/c1-4-18-15-12(3)16(21-17(20-15)13-8-9-13)19-14-7-5-6-11(2)10-14/h11,13-14H,4-10H2,1-3H3,(H2,18,19,20,21). The topological polar surface area (TPSA) is 49.8 Å². The minimum absolute atomic E-state index is 0.573. The van der Waals surface area contributed by atoms with Gasteiger partial charge in [0.05, 0.1) is 0 Å². The molecule has 2 atom stereocenters. The Bertz CT molecular complexity index is 496. The van der Waals surface area contributed by atoms with Gasteiger partial charge in [0.25, 0.3) is 0 Å². The van der Waals surface area contributed by atoms with Crippen molar-refractivity contribution in [3.05, 3.63) is 11.4 Å². The van der Waals surface area contributed by atoms with Gasteiger partial charge in [-0.2, -0.15) is 0 Å². The molecule has 2 saturated carbocycles. The predicted octanol–water partition coefficient (Wildman–Crippen LogP) is 4.08. The van der Waals surface area contributed by atoms with E-state index in [-0.39, 0.29) is 0 Å². The SMILES string of the molecule is CCNc1nc(C2CC2)nc(NC2CCCC(C)C2)c1C. The van der Waals surface area contributed by atoms with Crippen LogP contribution in [0.3, 0.4) is 0 Å². The summed E-state index contributed by atoms with van der Waals surface area (Å²) in [5, 5.41) is 7.10. The summed E-state index contributed by atoms with van der Waals surface area (Å²) in [6.45, 7) is 7.51. The van der Waals surface area contributed by atoms with Gasteiger partial charge in [-0.1, -0.05) is 19.8 Å². The lowest BCUT2D eigenvalue weighted by atomic mass is 9.87. The molecule has 0 bridgehead atoms. The van der Waals surface area contributed by atoms with Gasteiger partial charge < -0.3 is 10.6 Å². The van der Waals surface area contributed by atoms with Crippen LogP contribution in [-0.2, 0) is 0 Å². The van der Waals surface area contributed by atoms with Crippen molar-refractivity contribution in [1.29, 1.82) is 0 Å². The highest BCUT2D eigenvalue weighted by Gasteiger charge is 2.29. The molecular weight excluding hydrogens is 260 g/mol. The van der Waals surface area contributed by atoms with E-state index in [0.717, 1.165) is 29.9 Å². The van der Waals surface area contributed by atoms with Crippen LogP contribution in [-0.4, -0.2) is 22.6 Å². The first kappa shape index (κ1) is 14.6. The van der Waals surface area contributed by atoms with Gasteiger partial charge in [-0.05, 0) is 45.4 Å². The fourth-order valence-corrected chi connectivity index (χ4v) is 3.30. The molecule has 1 aromatic heterocycles. The molecule has 0 spiro atoms. The monoisotopic (exact) mass is 288 g/mol. The second kappa shape index (κ2) is 6.20. The molecule has 21 heavy (non-hydrogen) atoms. The van der Waals surface area contributed by atoms with Crippen molar-refractivity contribution in [2.45, 2.75) is 71.3 Å². The van der Waals surface area contributed by atoms with Crippen molar-refractivity contribution < 1.29 is 0 Å². The summed E-state index contributed by atoms with van der Waals surface area (Å²) in [6.07, 6.45) is 7.72. The minimum Gasteiger partial charge on any atom is -0.370 e. The van der Waals surface area contributed by atoms with Crippen molar-refractivity contribution in [2.75, 3.05) is 17.2 Å². The number of nitrogens with zero attached hydrogens (tertiary/aromatic N) is 2. The van der Waals surface area contributed by atoms with E-state index in [0.29, 0.717) is 12.0 Å². The summed E-state index contributed by atoms with van der Waals surface area (Å²) in [5.74, 6) is 4.52. The zero-order valence-corrected chi connectivity index (χ0v) is 13.6. The molecule has 2 N–H and O–H groups in total. The maximum absolute atomic E-state index is 4.83. The van der Waals surface area contributed by atoms with Crippen molar-refractivity contribution in [3.63, 3.8) is 0 Å². The van der Waals surface area contributed by atoms with E-state index < -0.39 is 0 Å². The quantitative estimate of drug-likeness (QED) is 0.857. The molecule has 3 rings (SSSR count). The smallest absolute Gasteiger partial charge is 0.136 e. The van der Waals surface area contributed by atoms with Gasteiger partial charge in [0.2, 0.25) is 0 Å². The van der Waals surface area contributed by atoms with Crippen LogP contribution in [0.1, 0.15) is 69.7 Å². The normalized spacial score (nSPS) is 25.7. The first-order valence-corrected chi connectivity index (χ1v) is 8.56. The molecule has 2 aliphatic rings. The predicted molar refractivity (Wildman–Crippen MR) is 88.0 cm³/mol. The zero-order chi connectivity index (χ0) is 14.8. The largest absolute Gasteiger partial charge is 0.370 e. The van der Waals surface area contributed by atoms with Gasteiger partial charge in [0, 0.05) is 24.1 Å². The van der Waals surface area contributed by atoms with Crippen LogP contribution in [0.15, 0.2) is 0 Å². The number of aromatic nitrogens is 2. The summed E-state index contributed by atoms with van der Waals surface area (Å²) in [4.78, 5) is 9.56. The summed E-state index contributed by atoms with van der Waals surface area (Å²) >= 11 is 0. The van der Waals surface area contributed by atoms with Crippen molar-refractivity contribution in [3.8, 4) is 0 Å². The Balaban J connectivity index is 1.81. The van der Waals surface area contributed by atoms with E-state index in [1.165, 1.54) is 44.1 Å². The van der Waals surface area contributed by atoms with E-state index in [1.807, 2.05) is 0 Å². The molecule has 116 valence electrons. The molecule has 0 amide bonds. The minimum atomic E-state index is 0.573. The third kappa shape index (κ3) is 3.47. The zero-order valence-electron chi connectivity index (χ0n) is 13.6.